The second-order valence-electron chi connectivity index (χ2n) is 1.53. The number of nitrogens with zero attached hydrogens (tertiary/aromatic N) is 2. The van der Waals surface area contributed by atoms with Crippen LogP contribution in [0, 0.1) is 21.1 Å². The smallest absolute Gasteiger partial charge is 0.104 e. The number of rotatable bonds is 0. The maximum Gasteiger partial charge on any atom is 0.104 e. The van der Waals surface area contributed by atoms with E-state index in [2.05, 4.69) is 33.0 Å². The summed E-state index contributed by atoms with van der Waals surface area (Å²) in [4.78, 5) is 0. The predicted octanol–water partition coefficient (Wildman–Crippen LogP) is 1.93. The first-order valence-corrected chi connectivity index (χ1v) is 4.13. The van der Waals surface area contributed by atoms with Gasteiger partial charge in [0.15, 0.2) is 0 Å². The van der Waals surface area contributed by atoms with E-state index in [9.17, 15) is 0 Å². The van der Waals surface area contributed by atoms with Crippen LogP contribution in [0.1, 0.15) is 11.3 Å². The lowest BCUT2D eigenvalue weighted by Crippen LogP contribution is -1.75. The largest absolute Gasteiger partial charge is 0.196 e. The Morgan fingerprint density at radius 2 is 2.44 bits per heavy atom. The lowest BCUT2D eigenvalue weighted by molar-refractivity contribution is 1.31. The molecule has 9 heavy (non-hydrogen) atoms. The minimum atomic E-state index is 0.723. The van der Waals surface area contributed by atoms with Crippen LogP contribution in [0.15, 0.2) is 0 Å². The number of halogens is 1. The number of hydrogen-bond donors (Lipinski definition) is 0. The Morgan fingerprint density at radius 1 is 1.78 bits per heavy atom. The number of aromatic nitrogens is 1. The van der Waals surface area contributed by atoms with Crippen molar-refractivity contribution in [1.82, 2.24) is 4.37 Å². The molecule has 0 aliphatic carbocycles. The van der Waals surface area contributed by atoms with E-state index in [4.69, 9.17) is 5.26 Å². The number of hydrogen-bond acceptors (Lipinski definition) is 3. The molecule has 1 rings (SSSR count). The van der Waals surface area contributed by atoms with Gasteiger partial charge < -0.3 is 0 Å². The van der Waals surface area contributed by atoms with Crippen molar-refractivity contribution < 1.29 is 0 Å². The summed E-state index contributed by atoms with van der Waals surface area (Å²) in [5.41, 5.74) is 1.56. The minimum absolute atomic E-state index is 0.723. The fourth-order valence-electron chi connectivity index (χ4n) is 0.467. The van der Waals surface area contributed by atoms with Gasteiger partial charge in [-0.15, -0.1) is 0 Å². The van der Waals surface area contributed by atoms with E-state index in [1.54, 1.807) is 0 Å². The molecular formula is C5H3IN2S. The molecule has 46 valence electrons. The van der Waals surface area contributed by atoms with Gasteiger partial charge in [-0.25, -0.2) is 0 Å². The Labute approximate surface area is 70.8 Å². The standard InChI is InChI=1S/C5H3IN2S/c1-3-4(2-7)5(6)9-8-3/h1H3. The fourth-order valence-corrected chi connectivity index (χ4v) is 1.87. The molecule has 0 saturated carbocycles. The van der Waals surface area contributed by atoms with Gasteiger partial charge in [0.25, 0.3) is 0 Å². The van der Waals surface area contributed by atoms with Crippen molar-refractivity contribution in [3.05, 3.63) is 14.1 Å². The van der Waals surface area contributed by atoms with Crippen LogP contribution >= 0.6 is 34.1 Å². The first-order valence-electron chi connectivity index (χ1n) is 2.27. The highest BCUT2D eigenvalue weighted by Crippen LogP contribution is 2.18. The van der Waals surface area contributed by atoms with Crippen LogP contribution < -0.4 is 0 Å². The van der Waals surface area contributed by atoms with Crippen molar-refractivity contribution in [2.75, 3.05) is 0 Å². The molecule has 1 aromatic rings. The van der Waals surface area contributed by atoms with Crippen molar-refractivity contribution >= 4 is 34.1 Å². The predicted molar refractivity (Wildman–Crippen MR) is 44.3 cm³/mol. The maximum atomic E-state index is 8.50. The molecule has 0 N–H and O–H groups in total. The van der Waals surface area contributed by atoms with Crippen LogP contribution in [0.5, 0.6) is 0 Å². The molecule has 0 aromatic carbocycles. The van der Waals surface area contributed by atoms with Gasteiger partial charge in [-0.2, -0.15) is 9.64 Å². The SMILES string of the molecule is Cc1nsc(I)c1C#N. The summed E-state index contributed by atoms with van der Waals surface area (Å²) in [7, 11) is 0. The van der Waals surface area contributed by atoms with Crippen LogP contribution in [0.3, 0.4) is 0 Å². The lowest BCUT2D eigenvalue weighted by atomic mass is 10.3. The molecule has 4 heteroatoms. The molecule has 0 amide bonds. The summed E-state index contributed by atoms with van der Waals surface area (Å²) in [6.07, 6.45) is 0. The maximum absolute atomic E-state index is 8.50. The summed E-state index contributed by atoms with van der Waals surface area (Å²) in [6, 6.07) is 2.08. The third-order valence-electron chi connectivity index (χ3n) is 0.933. The Morgan fingerprint density at radius 3 is 2.67 bits per heavy atom. The van der Waals surface area contributed by atoms with Crippen molar-refractivity contribution in [2.45, 2.75) is 6.92 Å². The van der Waals surface area contributed by atoms with Crippen LogP contribution in [-0.4, -0.2) is 4.37 Å². The monoisotopic (exact) mass is 250 g/mol. The van der Waals surface area contributed by atoms with Crippen molar-refractivity contribution in [3.8, 4) is 6.07 Å². The van der Waals surface area contributed by atoms with E-state index < -0.39 is 0 Å². The molecule has 1 aromatic heterocycles. The van der Waals surface area contributed by atoms with Gasteiger partial charge in [0.1, 0.15) is 8.95 Å². The number of aryl methyl sites for hydroxylation is 1. The van der Waals surface area contributed by atoms with E-state index in [1.165, 1.54) is 11.5 Å². The van der Waals surface area contributed by atoms with E-state index in [1.807, 2.05) is 6.92 Å². The zero-order chi connectivity index (χ0) is 6.85. The zero-order valence-electron chi connectivity index (χ0n) is 4.68. The van der Waals surface area contributed by atoms with E-state index in [-0.39, 0.29) is 0 Å². The average Bonchev–Trinajstić information content (AvgIpc) is 2.12. The summed E-state index contributed by atoms with van der Waals surface area (Å²) < 4.78 is 4.98. The molecule has 0 unspecified atom stereocenters. The molecule has 1 heterocycles. The highest BCUT2D eigenvalue weighted by Gasteiger charge is 2.04. The number of nitriles is 1. The molecule has 0 bridgehead atoms. The molecule has 0 saturated heterocycles. The third kappa shape index (κ3) is 1.22. The second-order valence-corrected chi connectivity index (χ2v) is 4.11. The van der Waals surface area contributed by atoms with Gasteiger partial charge in [-0.1, -0.05) is 0 Å². The molecule has 0 aliphatic rings. The second kappa shape index (κ2) is 2.62. The average molecular weight is 250 g/mol. The summed E-state index contributed by atoms with van der Waals surface area (Å²) in [6.45, 7) is 1.84. The molecule has 0 atom stereocenters. The van der Waals surface area contributed by atoms with Gasteiger partial charge >= 0.3 is 0 Å². The van der Waals surface area contributed by atoms with Gasteiger partial charge in [0.05, 0.1) is 11.3 Å². The topological polar surface area (TPSA) is 36.7 Å². The Hall–Kier alpha value is -0.150. The lowest BCUT2D eigenvalue weighted by Gasteiger charge is -1.78. The Kier molecular flexibility index (Phi) is 2.03. The molecule has 2 nitrogen and oxygen atoms in total. The molecular weight excluding hydrogens is 247 g/mol. The van der Waals surface area contributed by atoms with Crippen LogP contribution in [0.4, 0.5) is 0 Å². The van der Waals surface area contributed by atoms with Crippen LogP contribution in [-0.2, 0) is 0 Å². The quantitative estimate of drug-likeness (QED) is 0.659. The highest BCUT2D eigenvalue weighted by atomic mass is 127. The minimum Gasteiger partial charge on any atom is -0.196 e. The summed E-state index contributed by atoms with van der Waals surface area (Å²) in [5, 5.41) is 8.50. The normalized spacial score (nSPS) is 9.00. The molecule has 0 fully saturated rings. The Balaban J connectivity index is 3.27. The van der Waals surface area contributed by atoms with Gasteiger partial charge in [0, 0.05) is 0 Å². The van der Waals surface area contributed by atoms with Crippen molar-refractivity contribution in [3.63, 3.8) is 0 Å². The van der Waals surface area contributed by atoms with E-state index in [0.29, 0.717) is 0 Å². The zero-order valence-corrected chi connectivity index (χ0v) is 7.65. The van der Waals surface area contributed by atoms with Crippen molar-refractivity contribution in [1.29, 1.82) is 5.26 Å². The first-order chi connectivity index (χ1) is 4.25. The van der Waals surface area contributed by atoms with Gasteiger partial charge in [0.2, 0.25) is 0 Å². The van der Waals surface area contributed by atoms with E-state index in [0.717, 1.165) is 14.1 Å². The van der Waals surface area contributed by atoms with Gasteiger partial charge in [-0.05, 0) is 41.0 Å². The first kappa shape index (κ1) is 6.96. The molecule has 0 aliphatic heterocycles. The van der Waals surface area contributed by atoms with Crippen molar-refractivity contribution in [2.24, 2.45) is 0 Å². The van der Waals surface area contributed by atoms with Gasteiger partial charge in [-0.3, -0.25) is 0 Å². The summed E-state index contributed by atoms with van der Waals surface area (Å²) in [5.74, 6) is 0. The highest BCUT2D eigenvalue weighted by molar-refractivity contribution is 14.1. The third-order valence-corrected chi connectivity index (χ3v) is 2.79. The van der Waals surface area contributed by atoms with Crippen LogP contribution in [0.25, 0.3) is 0 Å². The van der Waals surface area contributed by atoms with Crippen LogP contribution in [0.2, 0.25) is 0 Å². The fraction of sp³-hybridized carbons (Fsp3) is 0.200. The molecule has 0 radical (unpaired) electrons. The van der Waals surface area contributed by atoms with E-state index >= 15 is 0 Å². The summed E-state index contributed by atoms with van der Waals surface area (Å²) >= 11 is 3.48. The Bertz CT molecular complexity index is 241. The molecule has 0 spiro atoms.